The molecule has 2 nitrogen and oxygen atoms in total. The van der Waals surface area contributed by atoms with Crippen LogP contribution in [-0.2, 0) is 0 Å². The number of aliphatic hydroxyl groups excluding tert-OH is 1. The Morgan fingerprint density at radius 3 is 1.65 bits per heavy atom. The maximum Gasteiger partial charge on any atom is 0.200 e. The minimum absolute atomic E-state index is 1.37. The van der Waals surface area contributed by atoms with E-state index in [4.69, 9.17) is 5.26 Å². The molecule has 1 N–H and O–H groups in total. The standard InChI is InChI=1S/C9H3BrF5NO/c10-2(1-16)9(17)3-4(11)6(13)8(15)7(14)5(3)12/h2,9,17H. The number of benzene rings is 1. The Morgan fingerprint density at radius 2 is 1.29 bits per heavy atom. The molecule has 2 unspecified atom stereocenters. The molecule has 1 aromatic rings. The average Bonchev–Trinajstić information content (AvgIpc) is 2.32. The summed E-state index contributed by atoms with van der Waals surface area (Å²) in [5, 5.41) is 17.7. The molecule has 8 heteroatoms. The summed E-state index contributed by atoms with van der Waals surface area (Å²) < 4.78 is 64.5. The molecule has 0 heterocycles. The highest BCUT2D eigenvalue weighted by atomic mass is 79.9. The first-order valence-corrected chi connectivity index (χ1v) is 4.97. The summed E-state index contributed by atoms with van der Waals surface area (Å²) >= 11 is 2.53. The van der Waals surface area contributed by atoms with Gasteiger partial charge < -0.3 is 5.11 Å². The van der Waals surface area contributed by atoms with E-state index in [2.05, 4.69) is 15.9 Å². The van der Waals surface area contributed by atoms with Gasteiger partial charge >= 0.3 is 0 Å². The van der Waals surface area contributed by atoms with E-state index >= 15 is 0 Å². The lowest BCUT2D eigenvalue weighted by molar-refractivity contribution is 0.174. The van der Waals surface area contributed by atoms with Gasteiger partial charge in [-0.2, -0.15) is 5.26 Å². The van der Waals surface area contributed by atoms with Crippen molar-refractivity contribution in [2.24, 2.45) is 0 Å². The smallest absolute Gasteiger partial charge is 0.200 e. The summed E-state index contributed by atoms with van der Waals surface area (Å²) in [4.78, 5) is -1.50. The normalized spacial score (nSPS) is 14.2. The molecule has 0 bridgehead atoms. The molecule has 2 atom stereocenters. The molecule has 0 fully saturated rings. The Kier molecular flexibility index (Phi) is 4.06. The Balaban J connectivity index is 3.50. The van der Waals surface area contributed by atoms with Gasteiger partial charge in [0.2, 0.25) is 5.82 Å². The van der Waals surface area contributed by atoms with E-state index in [1.165, 1.54) is 6.07 Å². The lowest BCUT2D eigenvalue weighted by Crippen LogP contribution is -2.17. The van der Waals surface area contributed by atoms with Crippen LogP contribution in [-0.4, -0.2) is 9.93 Å². The second-order valence-electron chi connectivity index (χ2n) is 2.96. The molecule has 0 saturated heterocycles. The van der Waals surface area contributed by atoms with Gasteiger partial charge in [0.1, 0.15) is 10.9 Å². The van der Waals surface area contributed by atoms with Gasteiger partial charge in [-0.1, -0.05) is 15.9 Å². The fourth-order valence-electron chi connectivity index (χ4n) is 1.10. The SMILES string of the molecule is N#CC(Br)C(O)c1c(F)c(F)c(F)c(F)c1F. The molecule has 0 saturated carbocycles. The van der Waals surface area contributed by atoms with E-state index < -0.39 is 45.6 Å². The van der Waals surface area contributed by atoms with Gasteiger partial charge in [-0.15, -0.1) is 0 Å². The van der Waals surface area contributed by atoms with Crippen molar-refractivity contribution in [3.05, 3.63) is 34.6 Å². The predicted molar refractivity (Wildman–Crippen MR) is 49.5 cm³/mol. The van der Waals surface area contributed by atoms with Gasteiger partial charge in [0.05, 0.1) is 11.6 Å². The molecule has 17 heavy (non-hydrogen) atoms. The number of hydrogen-bond donors (Lipinski definition) is 1. The molecule has 0 aliphatic carbocycles. The molecule has 0 aliphatic heterocycles. The van der Waals surface area contributed by atoms with Crippen molar-refractivity contribution in [1.82, 2.24) is 0 Å². The maximum absolute atomic E-state index is 13.1. The molecule has 0 spiro atoms. The average molecular weight is 316 g/mol. The monoisotopic (exact) mass is 315 g/mol. The summed E-state index contributed by atoms with van der Waals surface area (Å²) in [6, 6.07) is 1.37. The van der Waals surface area contributed by atoms with Gasteiger partial charge in [-0.3, -0.25) is 0 Å². The number of halogens is 6. The second kappa shape index (κ2) is 4.98. The topological polar surface area (TPSA) is 44.0 Å². The van der Waals surface area contributed by atoms with Crippen molar-refractivity contribution in [1.29, 1.82) is 5.26 Å². The van der Waals surface area contributed by atoms with E-state index in [1.54, 1.807) is 0 Å². The zero-order chi connectivity index (χ0) is 13.3. The molecule has 0 aromatic heterocycles. The van der Waals surface area contributed by atoms with Gasteiger partial charge in [0.15, 0.2) is 23.3 Å². The zero-order valence-electron chi connectivity index (χ0n) is 7.82. The first-order valence-electron chi connectivity index (χ1n) is 4.06. The molecular weight excluding hydrogens is 313 g/mol. The van der Waals surface area contributed by atoms with Crippen LogP contribution in [0, 0.1) is 40.4 Å². The van der Waals surface area contributed by atoms with Crippen LogP contribution < -0.4 is 0 Å². The molecule has 0 aliphatic rings. The van der Waals surface area contributed by atoms with Crippen molar-refractivity contribution in [2.75, 3.05) is 0 Å². The van der Waals surface area contributed by atoms with Gasteiger partial charge in [0, 0.05) is 0 Å². The van der Waals surface area contributed by atoms with Crippen molar-refractivity contribution in [2.45, 2.75) is 10.9 Å². The number of rotatable bonds is 2. The fourth-order valence-corrected chi connectivity index (χ4v) is 1.36. The van der Waals surface area contributed by atoms with E-state index in [0.29, 0.717) is 0 Å². The molecular formula is C9H3BrF5NO. The Bertz CT molecular complexity index is 472. The van der Waals surface area contributed by atoms with Crippen molar-refractivity contribution >= 4 is 15.9 Å². The van der Waals surface area contributed by atoms with Gasteiger partial charge in [-0.25, -0.2) is 22.0 Å². The van der Waals surface area contributed by atoms with Crippen molar-refractivity contribution < 1.29 is 27.1 Å². The van der Waals surface area contributed by atoms with E-state index in [1.807, 2.05) is 0 Å². The first kappa shape index (κ1) is 13.9. The van der Waals surface area contributed by atoms with Crippen LogP contribution in [0.15, 0.2) is 0 Å². The summed E-state index contributed by atoms with van der Waals surface area (Å²) in [6.45, 7) is 0. The first-order chi connectivity index (χ1) is 7.82. The van der Waals surface area contributed by atoms with Crippen LogP contribution in [0.1, 0.15) is 11.7 Å². The summed E-state index contributed by atoms with van der Waals surface area (Å²) in [7, 11) is 0. The predicted octanol–water partition coefficient (Wildman–Crippen LogP) is 2.70. The van der Waals surface area contributed by atoms with Crippen molar-refractivity contribution in [3.63, 3.8) is 0 Å². The van der Waals surface area contributed by atoms with Gasteiger partial charge in [-0.05, 0) is 0 Å². The number of nitrogens with zero attached hydrogens (tertiary/aromatic N) is 1. The van der Waals surface area contributed by atoms with Crippen LogP contribution in [0.5, 0.6) is 0 Å². The third-order valence-electron chi connectivity index (χ3n) is 1.94. The number of alkyl halides is 1. The maximum atomic E-state index is 13.1. The van der Waals surface area contributed by atoms with Crippen molar-refractivity contribution in [3.8, 4) is 6.07 Å². The molecule has 0 radical (unpaired) electrons. The highest BCUT2D eigenvalue weighted by Crippen LogP contribution is 2.31. The minimum Gasteiger partial charge on any atom is -0.386 e. The summed E-state index contributed by atoms with van der Waals surface area (Å²) in [6.07, 6.45) is -2.18. The van der Waals surface area contributed by atoms with Crippen LogP contribution in [0.2, 0.25) is 0 Å². The van der Waals surface area contributed by atoms with Crippen LogP contribution >= 0.6 is 15.9 Å². The van der Waals surface area contributed by atoms with Crippen LogP contribution in [0.25, 0.3) is 0 Å². The summed E-state index contributed by atoms with van der Waals surface area (Å²) in [5.74, 6) is -11.0. The largest absolute Gasteiger partial charge is 0.386 e. The highest BCUT2D eigenvalue weighted by Gasteiger charge is 2.32. The second-order valence-corrected chi connectivity index (χ2v) is 3.95. The van der Waals surface area contributed by atoms with Gasteiger partial charge in [0.25, 0.3) is 0 Å². The highest BCUT2D eigenvalue weighted by molar-refractivity contribution is 9.09. The Morgan fingerprint density at radius 1 is 0.941 bits per heavy atom. The lowest BCUT2D eigenvalue weighted by atomic mass is 10.0. The number of aliphatic hydroxyl groups is 1. The number of hydrogen-bond acceptors (Lipinski definition) is 2. The lowest BCUT2D eigenvalue weighted by Gasteiger charge is -2.14. The van der Waals surface area contributed by atoms with Crippen LogP contribution in [0.4, 0.5) is 22.0 Å². The molecule has 1 aromatic carbocycles. The summed E-state index contributed by atoms with van der Waals surface area (Å²) in [5.41, 5.74) is -1.44. The quantitative estimate of drug-likeness (QED) is 0.395. The van der Waals surface area contributed by atoms with Crippen LogP contribution in [0.3, 0.4) is 0 Å². The fraction of sp³-hybridized carbons (Fsp3) is 0.222. The third-order valence-corrected chi connectivity index (χ3v) is 2.65. The van der Waals surface area contributed by atoms with E-state index in [9.17, 15) is 27.1 Å². The molecule has 1 rings (SSSR count). The molecule has 0 amide bonds. The molecule has 92 valence electrons. The minimum atomic E-state index is -2.32. The zero-order valence-corrected chi connectivity index (χ0v) is 9.40. The Hall–Kier alpha value is -1.20. The number of nitriles is 1. The third kappa shape index (κ3) is 2.25. The van der Waals surface area contributed by atoms with E-state index in [0.717, 1.165) is 0 Å². The Labute approximate surface area is 100 Å². The van der Waals surface area contributed by atoms with E-state index in [-0.39, 0.29) is 0 Å².